The van der Waals surface area contributed by atoms with Crippen LogP contribution in [-0.4, -0.2) is 80.0 Å². The molecule has 2 aliphatic heterocycles. The maximum absolute atomic E-state index is 12.9. The van der Waals surface area contributed by atoms with Crippen LogP contribution in [-0.2, 0) is 21.2 Å². The van der Waals surface area contributed by atoms with Crippen LogP contribution in [0.5, 0.6) is 0 Å². The number of benzene rings is 1. The third-order valence-corrected chi connectivity index (χ3v) is 7.89. The molecule has 1 atom stereocenters. The first-order valence-corrected chi connectivity index (χ1v) is 12.1. The molecule has 0 N–H and O–H groups in total. The number of nitrogens with zero attached hydrogens (tertiary/aromatic N) is 3. The summed E-state index contributed by atoms with van der Waals surface area (Å²) in [6, 6.07) is 9.98. The quantitative estimate of drug-likeness (QED) is 0.692. The third-order valence-electron chi connectivity index (χ3n) is 5.97. The van der Waals surface area contributed by atoms with Crippen molar-refractivity contribution in [3.8, 4) is 0 Å². The molecule has 0 aromatic heterocycles. The highest BCUT2D eigenvalue weighted by Crippen LogP contribution is 2.22. The van der Waals surface area contributed by atoms with Gasteiger partial charge < -0.3 is 9.80 Å². The zero-order chi connectivity index (χ0) is 20.0. The molecule has 2 aliphatic rings. The van der Waals surface area contributed by atoms with Gasteiger partial charge in [-0.3, -0.25) is 4.79 Å². The summed E-state index contributed by atoms with van der Waals surface area (Å²) in [5, 5.41) is 0. The molecule has 2 heterocycles. The van der Waals surface area contributed by atoms with Crippen molar-refractivity contribution in [2.24, 2.45) is 5.92 Å². The van der Waals surface area contributed by atoms with Crippen LogP contribution in [0.25, 0.3) is 0 Å². The second-order valence-electron chi connectivity index (χ2n) is 7.86. The molecule has 2 fully saturated rings. The average Bonchev–Trinajstić information content (AvgIpc) is 2.74. The molecule has 28 heavy (non-hydrogen) atoms. The van der Waals surface area contributed by atoms with Crippen LogP contribution in [0.4, 0.5) is 0 Å². The minimum Gasteiger partial charge on any atom is -0.340 e. The van der Waals surface area contributed by atoms with Crippen molar-refractivity contribution in [1.82, 2.24) is 14.1 Å². The molecule has 1 aromatic carbocycles. The predicted octanol–water partition coefficient (Wildman–Crippen LogP) is 1.83. The molecular formula is C21H33N3O3S. The number of amides is 1. The summed E-state index contributed by atoms with van der Waals surface area (Å²) in [5.74, 6) is 0.101. The first-order chi connectivity index (χ1) is 13.5. The number of carbonyl (C=O) groups is 1. The molecule has 6 nitrogen and oxygen atoms in total. The molecule has 0 unspecified atom stereocenters. The van der Waals surface area contributed by atoms with Crippen LogP contribution >= 0.6 is 0 Å². The van der Waals surface area contributed by atoms with Crippen molar-refractivity contribution in [3.63, 3.8) is 0 Å². The van der Waals surface area contributed by atoms with Gasteiger partial charge in [0.2, 0.25) is 15.9 Å². The fourth-order valence-electron chi connectivity index (χ4n) is 4.17. The Labute approximate surface area is 169 Å². The van der Waals surface area contributed by atoms with Crippen molar-refractivity contribution in [2.45, 2.75) is 32.6 Å². The summed E-state index contributed by atoms with van der Waals surface area (Å²) in [6.45, 7) is 7.38. The smallest absolute Gasteiger partial charge is 0.227 e. The zero-order valence-corrected chi connectivity index (χ0v) is 17.7. The van der Waals surface area contributed by atoms with E-state index in [1.807, 2.05) is 35.2 Å². The van der Waals surface area contributed by atoms with Gasteiger partial charge >= 0.3 is 0 Å². The fraction of sp³-hybridized carbons (Fsp3) is 0.667. The first-order valence-electron chi connectivity index (χ1n) is 10.5. The van der Waals surface area contributed by atoms with Gasteiger partial charge in [-0.15, -0.1) is 0 Å². The molecule has 1 amide bonds. The Morgan fingerprint density at radius 3 is 2.46 bits per heavy atom. The van der Waals surface area contributed by atoms with Crippen molar-refractivity contribution in [1.29, 1.82) is 0 Å². The monoisotopic (exact) mass is 407 g/mol. The molecule has 0 bridgehead atoms. The molecular weight excluding hydrogens is 374 g/mol. The van der Waals surface area contributed by atoms with Crippen molar-refractivity contribution in [2.75, 3.05) is 51.6 Å². The zero-order valence-electron chi connectivity index (χ0n) is 16.9. The lowest BCUT2D eigenvalue weighted by Gasteiger charge is -2.38. The van der Waals surface area contributed by atoms with E-state index in [2.05, 4.69) is 11.8 Å². The lowest BCUT2D eigenvalue weighted by molar-refractivity contribution is -0.138. The van der Waals surface area contributed by atoms with E-state index in [9.17, 15) is 13.2 Å². The molecule has 0 saturated carbocycles. The highest BCUT2D eigenvalue weighted by atomic mass is 32.2. The van der Waals surface area contributed by atoms with Gasteiger partial charge in [-0.05, 0) is 37.8 Å². The SMILES string of the molecule is CCN1CCN(C(=O)[C@@H]2CCCN(S(=O)(=O)CCCc3ccccc3)C2)CC1. The standard InChI is InChI=1S/C21H33N3O3S/c1-2-22-13-15-23(16-14-22)21(25)20-11-6-12-24(18-20)28(26,27)17-7-10-19-8-4-3-5-9-19/h3-5,8-9,20H,2,6-7,10-18H2,1H3/t20-/m1/s1. The number of hydrogen-bond donors (Lipinski definition) is 0. The average molecular weight is 408 g/mol. The maximum Gasteiger partial charge on any atom is 0.227 e. The van der Waals surface area contributed by atoms with Crippen molar-refractivity contribution < 1.29 is 13.2 Å². The Kier molecular flexibility index (Phi) is 7.48. The third kappa shape index (κ3) is 5.55. The first kappa shape index (κ1) is 21.3. The van der Waals surface area contributed by atoms with E-state index in [1.165, 1.54) is 0 Å². The van der Waals surface area contributed by atoms with Crippen LogP contribution in [0.1, 0.15) is 31.7 Å². The molecule has 0 aliphatic carbocycles. The van der Waals surface area contributed by atoms with Gasteiger partial charge in [0.1, 0.15) is 0 Å². The minimum atomic E-state index is -3.31. The van der Waals surface area contributed by atoms with Gasteiger partial charge in [0.25, 0.3) is 0 Å². The van der Waals surface area contributed by atoms with Crippen LogP contribution in [0.3, 0.4) is 0 Å². The summed E-state index contributed by atoms with van der Waals surface area (Å²) in [7, 11) is -3.31. The van der Waals surface area contributed by atoms with Crippen LogP contribution in [0.2, 0.25) is 0 Å². The largest absolute Gasteiger partial charge is 0.340 e. The van der Waals surface area contributed by atoms with E-state index in [-0.39, 0.29) is 17.6 Å². The minimum absolute atomic E-state index is 0.139. The van der Waals surface area contributed by atoms with Gasteiger partial charge in [-0.25, -0.2) is 12.7 Å². The number of sulfonamides is 1. The number of hydrogen-bond acceptors (Lipinski definition) is 4. The Morgan fingerprint density at radius 1 is 1.07 bits per heavy atom. The topological polar surface area (TPSA) is 60.9 Å². The van der Waals surface area contributed by atoms with E-state index in [4.69, 9.17) is 0 Å². The Hall–Kier alpha value is -1.44. The van der Waals surface area contributed by atoms with E-state index >= 15 is 0 Å². The Morgan fingerprint density at radius 2 is 1.79 bits per heavy atom. The van der Waals surface area contributed by atoms with E-state index in [0.29, 0.717) is 19.5 Å². The highest BCUT2D eigenvalue weighted by Gasteiger charge is 2.34. The van der Waals surface area contributed by atoms with Crippen molar-refractivity contribution >= 4 is 15.9 Å². The highest BCUT2D eigenvalue weighted by molar-refractivity contribution is 7.89. The predicted molar refractivity (Wildman–Crippen MR) is 112 cm³/mol. The fourth-order valence-corrected chi connectivity index (χ4v) is 5.75. The van der Waals surface area contributed by atoms with Gasteiger partial charge in [0.05, 0.1) is 11.7 Å². The van der Waals surface area contributed by atoms with Gasteiger partial charge in [0.15, 0.2) is 0 Å². The van der Waals surface area contributed by atoms with Gasteiger partial charge in [-0.1, -0.05) is 37.3 Å². The van der Waals surface area contributed by atoms with Crippen molar-refractivity contribution in [3.05, 3.63) is 35.9 Å². The Bertz CT molecular complexity index is 731. The normalized spacial score (nSPS) is 22.3. The van der Waals surface area contributed by atoms with Crippen LogP contribution < -0.4 is 0 Å². The molecule has 0 radical (unpaired) electrons. The van der Waals surface area contributed by atoms with Crippen LogP contribution in [0, 0.1) is 5.92 Å². The van der Waals surface area contributed by atoms with E-state index < -0.39 is 10.0 Å². The van der Waals surface area contributed by atoms with E-state index in [1.54, 1.807) is 4.31 Å². The maximum atomic E-state index is 12.9. The lowest BCUT2D eigenvalue weighted by Crippen LogP contribution is -2.53. The number of piperazine rings is 1. The summed E-state index contributed by atoms with van der Waals surface area (Å²) >= 11 is 0. The molecule has 3 rings (SSSR count). The number of carbonyl (C=O) groups excluding carboxylic acids is 1. The number of rotatable bonds is 7. The number of aryl methyl sites for hydroxylation is 1. The lowest BCUT2D eigenvalue weighted by atomic mass is 9.98. The molecule has 156 valence electrons. The second kappa shape index (κ2) is 9.85. The number of piperidine rings is 1. The molecule has 2 saturated heterocycles. The summed E-state index contributed by atoms with van der Waals surface area (Å²) in [5.41, 5.74) is 1.16. The van der Waals surface area contributed by atoms with Gasteiger partial charge in [0, 0.05) is 39.3 Å². The van der Waals surface area contributed by atoms with Crippen LogP contribution in [0.15, 0.2) is 30.3 Å². The molecule has 0 spiro atoms. The summed E-state index contributed by atoms with van der Waals surface area (Å²) < 4.78 is 27.2. The summed E-state index contributed by atoms with van der Waals surface area (Å²) in [6.07, 6.45) is 2.94. The number of likely N-dealkylation sites (N-methyl/N-ethyl adjacent to an activating group) is 1. The van der Waals surface area contributed by atoms with Gasteiger partial charge in [-0.2, -0.15) is 0 Å². The van der Waals surface area contributed by atoms with E-state index in [0.717, 1.165) is 57.5 Å². The second-order valence-corrected chi connectivity index (χ2v) is 9.95. The summed E-state index contributed by atoms with van der Waals surface area (Å²) in [4.78, 5) is 17.2. The molecule has 1 aromatic rings. The molecule has 7 heteroatoms. The Balaban J connectivity index is 1.51.